The Morgan fingerprint density at radius 3 is 2.50 bits per heavy atom. The third kappa shape index (κ3) is 3.13. The molecular weight excluding hydrogens is 289 g/mol. The van der Waals surface area contributed by atoms with Gasteiger partial charge in [-0.3, -0.25) is 9.59 Å². The van der Waals surface area contributed by atoms with Crippen molar-refractivity contribution in [1.29, 1.82) is 0 Å². The Morgan fingerprint density at radius 2 is 2.00 bits per heavy atom. The number of aromatic nitrogens is 2. The molecule has 1 heterocycles. The first-order valence-corrected chi connectivity index (χ1v) is 6.60. The average Bonchev–Trinajstić information content (AvgIpc) is 2.75. The van der Waals surface area contributed by atoms with Crippen LogP contribution in [0.4, 0.5) is 4.39 Å². The van der Waals surface area contributed by atoms with Crippen LogP contribution in [0.1, 0.15) is 21.7 Å². The van der Waals surface area contributed by atoms with Crippen molar-refractivity contribution in [3.05, 3.63) is 47.0 Å². The lowest BCUT2D eigenvalue weighted by Gasteiger charge is -2.15. The minimum atomic E-state index is -1.13. The largest absolute Gasteiger partial charge is 0.480 e. The second-order valence-electron chi connectivity index (χ2n) is 5.06. The topological polar surface area (TPSA) is 75.4 Å². The molecule has 0 unspecified atom stereocenters. The fourth-order valence-corrected chi connectivity index (χ4v) is 2.18. The summed E-state index contributed by atoms with van der Waals surface area (Å²) in [6, 6.07) is 5.82. The number of carbonyl (C=O) groups is 2. The molecule has 0 aliphatic carbocycles. The summed E-state index contributed by atoms with van der Waals surface area (Å²) < 4.78 is 15.7. The van der Waals surface area contributed by atoms with E-state index in [1.54, 1.807) is 13.8 Å². The highest BCUT2D eigenvalue weighted by Gasteiger charge is 2.17. The van der Waals surface area contributed by atoms with Crippen molar-refractivity contribution in [2.75, 3.05) is 13.6 Å². The number of hydrogen-bond acceptors (Lipinski definition) is 3. The molecule has 0 bridgehead atoms. The highest BCUT2D eigenvalue weighted by atomic mass is 19.1. The second-order valence-corrected chi connectivity index (χ2v) is 5.06. The average molecular weight is 305 g/mol. The summed E-state index contributed by atoms with van der Waals surface area (Å²) in [5.41, 5.74) is 1.87. The highest BCUT2D eigenvalue weighted by molar-refractivity contribution is 5.95. The van der Waals surface area contributed by atoms with Crippen LogP contribution in [0.3, 0.4) is 0 Å². The van der Waals surface area contributed by atoms with Gasteiger partial charge in [0, 0.05) is 18.3 Å². The van der Waals surface area contributed by atoms with Gasteiger partial charge in [0.2, 0.25) is 0 Å². The lowest BCUT2D eigenvalue weighted by molar-refractivity contribution is -0.137. The van der Waals surface area contributed by atoms with Crippen molar-refractivity contribution in [2.45, 2.75) is 13.8 Å². The summed E-state index contributed by atoms with van der Waals surface area (Å²) in [5.74, 6) is -2.28. The highest BCUT2D eigenvalue weighted by Crippen LogP contribution is 2.18. The van der Waals surface area contributed by atoms with Gasteiger partial charge in [0.15, 0.2) is 0 Å². The maximum absolute atomic E-state index is 14.3. The van der Waals surface area contributed by atoms with E-state index in [4.69, 9.17) is 5.11 Å². The quantitative estimate of drug-likeness (QED) is 0.934. The van der Waals surface area contributed by atoms with E-state index in [0.29, 0.717) is 0 Å². The third-order valence-corrected chi connectivity index (χ3v) is 3.15. The molecular formula is C15H16FN3O3. The molecule has 0 saturated carbocycles. The van der Waals surface area contributed by atoms with Gasteiger partial charge in [-0.05, 0) is 38.1 Å². The van der Waals surface area contributed by atoms with Gasteiger partial charge in [-0.25, -0.2) is 9.07 Å². The zero-order valence-electron chi connectivity index (χ0n) is 12.5. The smallest absolute Gasteiger partial charge is 0.323 e. The van der Waals surface area contributed by atoms with Crippen LogP contribution in [0.5, 0.6) is 0 Å². The maximum atomic E-state index is 14.3. The molecule has 2 rings (SSSR count). The zero-order chi connectivity index (χ0) is 16.4. The molecule has 1 aromatic heterocycles. The summed E-state index contributed by atoms with van der Waals surface area (Å²) in [6.07, 6.45) is 0. The van der Waals surface area contributed by atoms with Gasteiger partial charge in [0.1, 0.15) is 18.0 Å². The Labute approximate surface area is 126 Å². The van der Waals surface area contributed by atoms with E-state index >= 15 is 0 Å². The summed E-state index contributed by atoms with van der Waals surface area (Å²) in [4.78, 5) is 23.7. The molecule has 0 atom stereocenters. The van der Waals surface area contributed by atoms with E-state index in [1.807, 2.05) is 6.07 Å². The Hall–Kier alpha value is -2.70. The number of amides is 1. The van der Waals surface area contributed by atoms with Crippen LogP contribution in [0.2, 0.25) is 0 Å². The molecule has 1 N–H and O–H groups in total. The van der Waals surface area contributed by atoms with Crippen molar-refractivity contribution in [1.82, 2.24) is 14.7 Å². The number of benzene rings is 1. The summed E-state index contributed by atoms with van der Waals surface area (Å²) >= 11 is 0. The number of carboxylic acid groups (broad SMARTS) is 1. The first-order valence-electron chi connectivity index (χ1n) is 6.60. The predicted octanol–water partition coefficient (Wildman–Crippen LogP) is 1.78. The fraction of sp³-hybridized carbons (Fsp3) is 0.267. The molecule has 1 amide bonds. The van der Waals surface area contributed by atoms with E-state index in [-0.39, 0.29) is 11.3 Å². The van der Waals surface area contributed by atoms with Crippen LogP contribution in [0.25, 0.3) is 5.69 Å². The van der Waals surface area contributed by atoms with Gasteiger partial charge in [-0.15, -0.1) is 0 Å². The molecule has 116 valence electrons. The summed E-state index contributed by atoms with van der Waals surface area (Å²) in [6.45, 7) is 3.17. The molecule has 22 heavy (non-hydrogen) atoms. The lowest BCUT2D eigenvalue weighted by Crippen LogP contribution is -2.32. The second kappa shape index (κ2) is 5.97. The molecule has 0 saturated heterocycles. The lowest BCUT2D eigenvalue weighted by atomic mass is 10.1. The van der Waals surface area contributed by atoms with Crippen molar-refractivity contribution >= 4 is 11.9 Å². The van der Waals surface area contributed by atoms with E-state index in [9.17, 15) is 14.0 Å². The molecule has 1 aromatic carbocycles. The fourth-order valence-electron chi connectivity index (χ4n) is 2.18. The standard InChI is InChI=1S/C15H16FN3O3/c1-9-6-10(2)19(17-9)13-5-4-11(7-12(13)16)15(22)18(3)8-14(20)21/h4-7H,8H2,1-3H3,(H,20,21). The van der Waals surface area contributed by atoms with Gasteiger partial charge in [0.25, 0.3) is 5.91 Å². The van der Waals surface area contributed by atoms with Gasteiger partial charge in [0.05, 0.1) is 5.69 Å². The summed E-state index contributed by atoms with van der Waals surface area (Å²) in [7, 11) is 1.35. The van der Waals surface area contributed by atoms with E-state index in [2.05, 4.69) is 5.10 Å². The first kappa shape index (κ1) is 15.7. The number of likely N-dealkylation sites (N-methyl/N-ethyl adjacent to an activating group) is 1. The van der Waals surface area contributed by atoms with Gasteiger partial charge < -0.3 is 10.0 Å². The maximum Gasteiger partial charge on any atom is 0.323 e. The number of hydrogen-bond donors (Lipinski definition) is 1. The minimum Gasteiger partial charge on any atom is -0.480 e. The molecule has 0 spiro atoms. The summed E-state index contributed by atoms with van der Waals surface area (Å²) in [5, 5.41) is 12.9. The Balaban J connectivity index is 2.32. The third-order valence-electron chi connectivity index (χ3n) is 3.15. The van der Waals surface area contributed by atoms with Gasteiger partial charge >= 0.3 is 5.97 Å². The van der Waals surface area contributed by atoms with Crippen molar-refractivity contribution in [3.8, 4) is 5.69 Å². The normalized spacial score (nSPS) is 10.5. The molecule has 0 aliphatic rings. The van der Waals surface area contributed by atoms with Crippen LogP contribution < -0.4 is 0 Å². The van der Waals surface area contributed by atoms with Crippen molar-refractivity contribution in [2.24, 2.45) is 0 Å². The predicted molar refractivity (Wildman–Crippen MR) is 77.6 cm³/mol. The number of carbonyl (C=O) groups excluding carboxylic acids is 1. The van der Waals surface area contributed by atoms with Crippen molar-refractivity contribution in [3.63, 3.8) is 0 Å². The zero-order valence-corrected chi connectivity index (χ0v) is 12.5. The van der Waals surface area contributed by atoms with E-state index < -0.39 is 24.2 Å². The van der Waals surface area contributed by atoms with Crippen LogP contribution in [-0.2, 0) is 4.79 Å². The van der Waals surface area contributed by atoms with Gasteiger partial charge in [-0.2, -0.15) is 5.10 Å². The van der Waals surface area contributed by atoms with Crippen molar-refractivity contribution < 1.29 is 19.1 Å². The molecule has 0 aliphatic heterocycles. The number of aryl methyl sites for hydroxylation is 2. The molecule has 0 fully saturated rings. The number of halogens is 1. The molecule has 7 heteroatoms. The van der Waals surface area contributed by atoms with Crippen LogP contribution in [0, 0.1) is 19.7 Å². The molecule has 6 nitrogen and oxygen atoms in total. The Bertz CT molecular complexity index is 740. The van der Waals surface area contributed by atoms with Crippen LogP contribution >= 0.6 is 0 Å². The minimum absolute atomic E-state index is 0.0894. The number of carboxylic acids is 1. The monoisotopic (exact) mass is 305 g/mol. The van der Waals surface area contributed by atoms with Crippen LogP contribution in [-0.4, -0.2) is 45.3 Å². The molecule has 2 aromatic rings. The Kier molecular flexibility index (Phi) is 4.25. The number of nitrogens with zero attached hydrogens (tertiary/aromatic N) is 3. The first-order chi connectivity index (χ1) is 10.3. The van der Waals surface area contributed by atoms with E-state index in [0.717, 1.165) is 22.4 Å². The Morgan fingerprint density at radius 1 is 1.32 bits per heavy atom. The number of aliphatic carboxylic acids is 1. The molecule has 0 radical (unpaired) electrons. The van der Waals surface area contributed by atoms with E-state index in [1.165, 1.54) is 23.9 Å². The SMILES string of the molecule is Cc1cc(C)n(-c2ccc(C(=O)N(C)CC(=O)O)cc2F)n1. The van der Waals surface area contributed by atoms with Gasteiger partial charge in [-0.1, -0.05) is 0 Å². The number of rotatable bonds is 4. The van der Waals surface area contributed by atoms with Crippen LogP contribution in [0.15, 0.2) is 24.3 Å².